The smallest absolute Gasteiger partial charge is 0.101 e. The van der Waals surface area contributed by atoms with Crippen molar-refractivity contribution in [1.82, 2.24) is 14.4 Å². The molecule has 0 bridgehead atoms. The van der Waals surface area contributed by atoms with Gasteiger partial charge in [-0.1, -0.05) is 18.2 Å². The molecule has 0 unspecified atom stereocenters. The van der Waals surface area contributed by atoms with Crippen LogP contribution in [0.15, 0.2) is 43.1 Å². The van der Waals surface area contributed by atoms with Gasteiger partial charge in [-0.2, -0.15) is 0 Å². The van der Waals surface area contributed by atoms with Gasteiger partial charge in [0.05, 0.1) is 17.2 Å². The molecule has 3 aromatic rings. The van der Waals surface area contributed by atoms with E-state index in [1.807, 2.05) is 28.8 Å². The van der Waals surface area contributed by atoms with Crippen LogP contribution >= 0.6 is 12.4 Å². The van der Waals surface area contributed by atoms with Crippen molar-refractivity contribution < 1.29 is 0 Å². The zero-order valence-corrected chi connectivity index (χ0v) is 8.11. The van der Waals surface area contributed by atoms with E-state index >= 15 is 0 Å². The number of hydrogen-bond acceptors (Lipinski definition) is 2. The maximum absolute atomic E-state index is 4.30. The van der Waals surface area contributed by atoms with Gasteiger partial charge in [0.15, 0.2) is 0 Å². The molecular weight excluding hydrogens is 198 g/mol. The number of aromatic nitrogens is 3. The van der Waals surface area contributed by atoms with Crippen LogP contribution in [0.25, 0.3) is 16.4 Å². The van der Waals surface area contributed by atoms with Crippen LogP contribution in [0.3, 0.4) is 0 Å². The van der Waals surface area contributed by atoms with Crippen LogP contribution in [0.1, 0.15) is 0 Å². The third-order valence-corrected chi connectivity index (χ3v) is 2.17. The van der Waals surface area contributed by atoms with E-state index < -0.39 is 0 Å². The second-order valence-corrected chi connectivity index (χ2v) is 2.95. The van der Waals surface area contributed by atoms with E-state index in [0.717, 1.165) is 16.4 Å². The Labute approximate surface area is 86.8 Å². The first-order chi connectivity index (χ1) is 6.45. The van der Waals surface area contributed by atoms with Crippen LogP contribution in [-0.2, 0) is 0 Å². The SMILES string of the molecule is Cl.c1ccc2c(c1)ncn1cncc21. The molecule has 0 fully saturated rings. The highest BCUT2D eigenvalue weighted by Gasteiger charge is 1.99. The van der Waals surface area contributed by atoms with Gasteiger partial charge in [-0.15, -0.1) is 12.4 Å². The predicted octanol–water partition coefficient (Wildman–Crippen LogP) is 2.30. The quantitative estimate of drug-likeness (QED) is 0.564. The topological polar surface area (TPSA) is 30.2 Å². The summed E-state index contributed by atoms with van der Waals surface area (Å²) in [5.41, 5.74) is 2.11. The van der Waals surface area contributed by atoms with E-state index in [-0.39, 0.29) is 12.4 Å². The molecule has 3 rings (SSSR count). The first kappa shape index (κ1) is 8.97. The summed E-state index contributed by atoms with van der Waals surface area (Å²) in [6.45, 7) is 0. The van der Waals surface area contributed by atoms with E-state index in [9.17, 15) is 0 Å². The molecular formula is C10H8ClN3. The minimum absolute atomic E-state index is 0. The van der Waals surface area contributed by atoms with E-state index in [2.05, 4.69) is 16.0 Å². The molecule has 4 heteroatoms. The number of nitrogens with zero attached hydrogens (tertiary/aromatic N) is 3. The fourth-order valence-electron chi connectivity index (χ4n) is 1.53. The Kier molecular flexibility index (Phi) is 2.09. The lowest BCUT2D eigenvalue weighted by Gasteiger charge is -1.98. The van der Waals surface area contributed by atoms with Crippen molar-refractivity contribution in [2.24, 2.45) is 0 Å². The molecule has 2 heterocycles. The van der Waals surface area contributed by atoms with Crippen molar-refractivity contribution in [1.29, 1.82) is 0 Å². The van der Waals surface area contributed by atoms with Gasteiger partial charge >= 0.3 is 0 Å². The van der Waals surface area contributed by atoms with Crippen LogP contribution in [0.2, 0.25) is 0 Å². The second-order valence-electron chi connectivity index (χ2n) is 2.95. The van der Waals surface area contributed by atoms with Crippen molar-refractivity contribution in [2.45, 2.75) is 0 Å². The monoisotopic (exact) mass is 205 g/mol. The minimum atomic E-state index is 0. The molecule has 0 aliphatic heterocycles. The van der Waals surface area contributed by atoms with Gasteiger partial charge in [0.25, 0.3) is 0 Å². The fraction of sp³-hybridized carbons (Fsp3) is 0. The number of benzene rings is 1. The van der Waals surface area contributed by atoms with Gasteiger partial charge in [-0.25, -0.2) is 9.97 Å². The van der Waals surface area contributed by atoms with Gasteiger partial charge < -0.3 is 0 Å². The fourth-order valence-corrected chi connectivity index (χ4v) is 1.53. The summed E-state index contributed by atoms with van der Waals surface area (Å²) >= 11 is 0. The molecule has 0 radical (unpaired) electrons. The summed E-state index contributed by atoms with van der Waals surface area (Å²) in [6.07, 6.45) is 5.39. The summed E-state index contributed by atoms with van der Waals surface area (Å²) in [7, 11) is 0. The summed E-state index contributed by atoms with van der Waals surface area (Å²) < 4.78 is 1.92. The number of hydrogen-bond donors (Lipinski definition) is 0. The molecule has 0 saturated heterocycles. The maximum atomic E-state index is 4.30. The highest BCUT2D eigenvalue weighted by atomic mass is 35.5. The van der Waals surface area contributed by atoms with Crippen LogP contribution in [0.4, 0.5) is 0 Å². The normalized spacial score (nSPS) is 10.3. The average Bonchev–Trinajstić information content (AvgIpc) is 2.65. The summed E-state index contributed by atoms with van der Waals surface area (Å²) in [5.74, 6) is 0. The van der Waals surface area contributed by atoms with Gasteiger partial charge in [0, 0.05) is 5.39 Å². The third-order valence-electron chi connectivity index (χ3n) is 2.17. The Balaban J connectivity index is 0.000000750. The highest BCUT2D eigenvalue weighted by Crippen LogP contribution is 2.16. The zero-order valence-electron chi connectivity index (χ0n) is 7.29. The van der Waals surface area contributed by atoms with Crippen LogP contribution < -0.4 is 0 Å². The van der Waals surface area contributed by atoms with Crippen molar-refractivity contribution in [3.05, 3.63) is 43.1 Å². The summed E-state index contributed by atoms with van der Waals surface area (Å²) in [4.78, 5) is 8.38. The van der Waals surface area contributed by atoms with Crippen LogP contribution in [0.5, 0.6) is 0 Å². The lowest BCUT2D eigenvalue weighted by Crippen LogP contribution is -1.86. The van der Waals surface area contributed by atoms with Crippen molar-refractivity contribution in [2.75, 3.05) is 0 Å². The molecule has 0 amide bonds. The third kappa shape index (κ3) is 1.14. The predicted molar refractivity (Wildman–Crippen MR) is 57.7 cm³/mol. The average molecular weight is 206 g/mol. The van der Waals surface area contributed by atoms with E-state index in [1.54, 1.807) is 12.7 Å². The molecule has 0 spiro atoms. The first-order valence-electron chi connectivity index (χ1n) is 4.10. The Bertz CT molecular complexity index is 573. The number of para-hydroxylation sites is 1. The number of imidazole rings is 1. The van der Waals surface area contributed by atoms with E-state index in [4.69, 9.17) is 0 Å². The lowest BCUT2D eigenvalue weighted by atomic mass is 10.2. The van der Waals surface area contributed by atoms with Gasteiger partial charge in [-0.3, -0.25) is 4.40 Å². The Morgan fingerprint density at radius 2 is 1.93 bits per heavy atom. The molecule has 70 valence electrons. The summed E-state index contributed by atoms with van der Waals surface area (Å²) in [5, 5.41) is 1.14. The van der Waals surface area contributed by atoms with E-state index in [0.29, 0.717) is 0 Å². The molecule has 14 heavy (non-hydrogen) atoms. The molecule has 0 aliphatic carbocycles. The van der Waals surface area contributed by atoms with Crippen LogP contribution in [-0.4, -0.2) is 14.4 Å². The largest absolute Gasteiger partial charge is 0.289 e. The molecule has 0 aliphatic rings. The van der Waals surface area contributed by atoms with Gasteiger partial charge in [0.1, 0.15) is 12.7 Å². The van der Waals surface area contributed by atoms with Gasteiger partial charge in [-0.05, 0) is 6.07 Å². The number of halogens is 1. The number of rotatable bonds is 0. The molecule has 2 aromatic heterocycles. The molecule has 0 saturated carbocycles. The van der Waals surface area contributed by atoms with Gasteiger partial charge in [0.2, 0.25) is 0 Å². The first-order valence-corrected chi connectivity index (χ1v) is 4.10. The second kappa shape index (κ2) is 3.27. The highest BCUT2D eigenvalue weighted by molar-refractivity contribution is 5.92. The minimum Gasteiger partial charge on any atom is -0.289 e. The van der Waals surface area contributed by atoms with Crippen molar-refractivity contribution in [3.63, 3.8) is 0 Å². The molecule has 3 nitrogen and oxygen atoms in total. The standard InChI is InChI=1S/C10H7N3.ClH/c1-2-4-9-8(3-1)10-5-11-6-13(10)7-12-9;/h1-7H;1H. The van der Waals surface area contributed by atoms with Crippen molar-refractivity contribution >= 4 is 28.8 Å². The Morgan fingerprint density at radius 1 is 1.07 bits per heavy atom. The molecule has 0 N–H and O–H groups in total. The van der Waals surface area contributed by atoms with Crippen molar-refractivity contribution in [3.8, 4) is 0 Å². The Hall–Kier alpha value is -1.61. The van der Waals surface area contributed by atoms with E-state index in [1.165, 1.54) is 0 Å². The summed E-state index contributed by atoms with van der Waals surface area (Å²) in [6, 6.07) is 8.06. The Morgan fingerprint density at radius 3 is 2.86 bits per heavy atom. The zero-order chi connectivity index (χ0) is 8.67. The maximum Gasteiger partial charge on any atom is 0.101 e. The molecule has 1 aromatic carbocycles. The lowest BCUT2D eigenvalue weighted by molar-refractivity contribution is 1.10. The number of fused-ring (bicyclic) bond motifs is 3. The molecule has 0 atom stereocenters. The van der Waals surface area contributed by atoms with Crippen LogP contribution in [0, 0.1) is 0 Å².